The van der Waals surface area contributed by atoms with E-state index < -0.39 is 11.7 Å². The number of anilines is 3. The summed E-state index contributed by atoms with van der Waals surface area (Å²) in [6.07, 6.45) is 3.10. The van der Waals surface area contributed by atoms with Gasteiger partial charge in [-0.2, -0.15) is 0 Å². The van der Waals surface area contributed by atoms with Crippen molar-refractivity contribution in [1.82, 2.24) is 20.2 Å². The van der Waals surface area contributed by atoms with Crippen LogP contribution in [-0.2, 0) is 16.1 Å². The Balaban J connectivity index is 1.30. The molecule has 1 aliphatic rings. The molecule has 10 nitrogen and oxygen atoms in total. The molecular formula is C31H41N7O3. The van der Waals surface area contributed by atoms with Crippen molar-refractivity contribution in [3.63, 3.8) is 0 Å². The molecule has 0 spiro atoms. The minimum absolute atomic E-state index is 0.128. The molecule has 1 N–H and O–H groups in total. The Morgan fingerprint density at radius 1 is 0.902 bits per heavy atom. The number of aromatic nitrogens is 2. The van der Waals surface area contributed by atoms with Gasteiger partial charge in [-0.05, 0) is 62.2 Å². The van der Waals surface area contributed by atoms with E-state index in [0.717, 1.165) is 48.8 Å². The molecule has 3 aromatic rings. The third-order valence-electron chi connectivity index (χ3n) is 6.82. The van der Waals surface area contributed by atoms with Gasteiger partial charge in [-0.15, -0.1) is 0 Å². The molecule has 0 aliphatic carbocycles. The first-order valence-corrected chi connectivity index (χ1v) is 13.9. The second kappa shape index (κ2) is 12.9. The third kappa shape index (κ3) is 8.33. The van der Waals surface area contributed by atoms with Gasteiger partial charge in [0.05, 0.1) is 0 Å². The van der Waals surface area contributed by atoms with Crippen molar-refractivity contribution in [2.45, 2.75) is 32.9 Å². The number of ether oxygens (including phenoxy) is 1. The highest BCUT2D eigenvalue weighted by atomic mass is 16.6. The average molecular weight is 560 g/mol. The van der Waals surface area contributed by atoms with E-state index in [4.69, 9.17) is 4.74 Å². The zero-order valence-electron chi connectivity index (χ0n) is 24.9. The van der Waals surface area contributed by atoms with Crippen LogP contribution < -0.4 is 20.0 Å². The third-order valence-corrected chi connectivity index (χ3v) is 6.82. The molecule has 10 heteroatoms. The second-order valence-electron chi connectivity index (χ2n) is 11.5. The van der Waals surface area contributed by atoms with E-state index in [2.05, 4.69) is 54.2 Å². The van der Waals surface area contributed by atoms with Crippen LogP contribution in [0.4, 0.5) is 22.1 Å². The van der Waals surface area contributed by atoms with Crippen LogP contribution in [0.2, 0.25) is 0 Å². The number of hydrogen-bond donors (Lipinski definition) is 1. The van der Waals surface area contributed by atoms with E-state index in [9.17, 15) is 9.59 Å². The molecule has 2 amide bonds. The number of piperazine rings is 1. The van der Waals surface area contributed by atoms with Gasteiger partial charge in [0.2, 0.25) is 11.9 Å². The van der Waals surface area contributed by atoms with Crippen molar-refractivity contribution in [3.8, 4) is 11.1 Å². The fraction of sp³-hybridized carbons (Fsp3) is 0.419. The quantitative estimate of drug-likeness (QED) is 0.442. The van der Waals surface area contributed by atoms with Gasteiger partial charge >= 0.3 is 6.09 Å². The monoisotopic (exact) mass is 559 g/mol. The number of benzene rings is 2. The smallest absolute Gasteiger partial charge is 0.408 e. The SMILES string of the molecule is CN(Cc1cccc(-c2cnc(N3CCN(c4ccc(N(C)C)cc4)CC3)nc2)c1)C(=O)CNC(=O)OC(C)(C)C. The molecule has 1 fully saturated rings. The lowest BCUT2D eigenvalue weighted by molar-refractivity contribution is -0.129. The summed E-state index contributed by atoms with van der Waals surface area (Å²) >= 11 is 0. The molecule has 0 radical (unpaired) electrons. The molecule has 0 saturated carbocycles. The Labute approximate surface area is 242 Å². The first kappa shape index (κ1) is 29.6. The zero-order chi connectivity index (χ0) is 29.6. The summed E-state index contributed by atoms with van der Waals surface area (Å²) in [6.45, 7) is 9.14. The maximum atomic E-state index is 12.5. The summed E-state index contributed by atoms with van der Waals surface area (Å²) in [4.78, 5) is 42.0. The fourth-order valence-electron chi connectivity index (χ4n) is 4.57. The number of amides is 2. The van der Waals surface area contributed by atoms with Gasteiger partial charge in [0.15, 0.2) is 0 Å². The summed E-state index contributed by atoms with van der Waals surface area (Å²) < 4.78 is 5.19. The van der Waals surface area contributed by atoms with Crippen molar-refractivity contribution < 1.29 is 14.3 Å². The van der Waals surface area contributed by atoms with Gasteiger partial charge in [-0.25, -0.2) is 14.8 Å². The Kier molecular flexibility index (Phi) is 9.31. The van der Waals surface area contributed by atoms with Crippen molar-refractivity contribution >= 4 is 29.3 Å². The highest BCUT2D eigenvalue weighted by Gasteiger charge is 2.20. The number of nitrogens with zero attached hydrogens (tertiary/aromatic N) is 6. The van der Waals surface area contributed by atoms with E-state index in [1.54, 1.807) is 32.7 Å². The predicted octanol–water partition coefficient (Wildman–Crippen LogP) is 4.02. The van der Waals surface area contributed by atoms with E-state index in [1.165, 1.54) is 11.4 Å². The molecule has 0 bridgehead atoms. The Bertz CT molecular complexity index is 1310. The molecule has 1 saturated heterocycles. The van der Waals surface area contributed by atoms with Crippen LogP contribution in [0.3, 0.4) is 0 Å². The van der Waals surface area contributed by atoms with Crippen LogP contribution in [0.1, 0.15) is 26.3 Å². The molecule has 0 atom stereocenters. The lowest BCUT2D eigenvalue weighted by Gasteiger charge is -2.36. The predicted molar refractivity (Wildman–Crippen MR) is 163 cm³/mol. The average Bonchev–Trinajstić information content (AvgIpc) is 2.95. The summed E-state index contributed by atoms with van der Waals surface area (Å²) in [7, 11) is 5.81. The summed E-state index contributed by atoms with van der Waals surface area (Å²) in [5.74, 6) is 0.523. The Hall–Kier alpha value is -4.34. The normalized spacial score (nSPS) is 13.5. The molecule has 0 unspecified atom stereocenters. The van der Waals surface area contributed by atoms with E-state index in [-0.39, 0.29) is 12.5 Å². The maximum Gasteiger partial charge on any atom is 0.408 e. The minimum atomic E-state index is -0.615. The number of alkyl carbamates (subject to hydrolysis) is 1. The van der Waals surface area contributed by atoms with Gasteiger partial charge < -0.3 is 29.7 Å². The van der Waals surface area contributed by atoms with Crippen molar-refractivity contribution in [3.05, 3.63) is 66.5 Å². The number of carbonyl (C=O) groups excluding carboxylic acids is 2. The van der Waals surface area contributed by atoms with Crippen LogP contribution in [0, 0.1) is 0 Å². The number of likely N-dealkylation sites (N-methyl/N-ethyl adjacent to an activating group) is 1. The highest BCUT2D eigenvalue weighted by Crippen LogP contribution is 2.24. The second-order valence-corrected chi connectivity index (χ2v) is 11.5. The number of hydrogen-bond acceptors (Lipinski definition) is 8. The van der Waals surface area contributed by atoms with E-state index in [1.807, 2.05) is 50.8 Å². The fourth-order valence-corrected chi connectivity index (χ4v) is 4.57. The summed E-state index contributed by atoms with van der Waals surface area (Å²) in [6, 6.07) is 16.6. The molecule has 4 rings (SSSR count). The molecule has 2 aromatic carbocycles. The highest BCUT2D eigenvalue weighted by molar-refractivity contribution is 5.82. The summed E-state index contributed by atoms with van der Waals surface area (Å²) in [5.41, 5.74) is 4.67. The zero-order valence-corrected chi connectivity index (χ0v) is 24.9. The van der Waals surface area contributed by atoms with Crippen molar-refractivity contribution in [2.75, 3.05) is 68.6 Å². The molecular weight excluding hydrogens is 518 g/mol. The lowest BCUT2D eigenvalue weighted by Crippen LogP contribution is -2.47. The number of nitrogens with one attached hydrogen (secondary N) is 1. The van der Waals surface area contributed by atoms with E-state index in [0.29, 0.717) is 6.54 Å². The maximum absolute atomic E-state index is 12.5. The van der Waals surface area contributed by atoms with Crippen LogP contribution in [0.25, 0.3) is 11.1 Å². The molecule has 1 aliphatic heterocycles. The molecule has 41 heavy (non-hydrogen) atoms. The Morgan fingerprint density at radius 2 is 1.54 bits per heavy atom. The van der Waals surface area contributed by atoms with E-state index >= 15 is 0 Å². The van der Waals surface area contributed by atoms with Gasteiger partial charge in [0.1, 0.15) is 12.1 Å². The number of rotatable bonds is 8. The summed E-state index contributed by atoms with van der Waals surface area (Å²) in [5, 5.41) is 2.51. The largest absolute Gasteiger partial charge is 0.444 e. The van der Waals surface area contributed by atoms with Crippen molar-refractivity contribution in [2.24, 2.45) is 0 Å². The van der Waals surface area contributed by atoms with Gasteiger partial charge in [-0.3, -0.25) is 4.79 Å². The molecule has 2 heterocycles. The number of carbonyl (C=O) groups is 2. The first-order chi connectivity index (χ1) is 19.5. The lowest BCUT2D eigenvalue weighted by atomic mass is 10.1. The minimum Gasteiger partial charge on any atom is -0.444 e. The van der Waals surface area contributed by atoms with Gasteiger partial charge in [0.25, 0.3) is 0 Å². The molecule has 1 aromatic heterocycles. The standard InChI is InChI=1S/C31H41N7O3/c1-31(2,3)41-30(40)34-21-28(39)36(6)22-23-8-7-9-24(18-23)25-19-32-29(33-20-25)38-16-14-37(15-17-38)27-12-10-26(11-13-27)35(4)5/h7-13,18-20H,14-17,21-22H2,1-6H3,(H,34,40). The first-order valence-electron chi connectivity index (χ1n) is 13.9. The Morgan fingerprint density at radius 3 is 2.15 bits per heavy atom. The van der Waals surface area contributed by atoms with Crippen LogP contribution in [0.15, 0.2) is 60.9 Å². The van der Waals surface area contributed by atoms with Crippen LogP contribution in [-0.4, -0.2) is 86.3 Å². The van der Waals surface area contributed by atoms with Gasteiger partial charge in [0, 0.05) is 83.2 Å². The topological polar surface area (TPSA) is 94.1 Å². The van der Waals surface area contributed by atoms with Crippen molar-refractivity contribution in [1.29, 1.82) is 0 Å². The van der Waals surface area contributed by atoms with Gasteiger partial charge in [-0.1, -0.05) is 18.2 Å². The van der Waals surface area contributed by atoms with Crippen LogP contribution in [0.5, 0.6) is 0 Å². The molecule has 218 valence electrons. The van der Waals surface area contributed by atoms with Crippen LogP contribution >= 0.6 is 0 Å².